The standard InChI is InChI=1S/C21H16ClFN2O3S/c1-13(20(26)25(11-5-10-24)15-6-3-2-4-7-15)28-21(27)19-18(22)16-9-8-14(23)12-17(16)29-19/h2-4,6-9,12-13H,5,11H2,1H3/t13-/m1/s1. The molecule has 5 nitrogen and oxygen atoms in total. The second-order valence-corrected chi connectivity index (χ2v) is 7.60. The van der Waals surface area contributed by atoms with Crippen molar-refractivity contribution in [3.8, 4) is 6.07 Å². The number of esters is 1. The predicted molar refractivity (Wildman–Crippen MR) is 111 cm³/mol. The highest BCUT2D eigenvalue weighted by molar-refractivity contribution is 7.21. The number of fused-ring (bicyclic) bond motifs is 1. The van der Waals surface area contributed by atoms with Gasteiger partial charge in [-0.05, 0) is 37.3 Å². The molecule has 0 N–H and O–H groups in total. The van der Waals surface area contributed by atoms with Crippen molar-refractivity contribution in [1.29, 1.82) is 5.26 Å². The topological polar surface area (TPSA) is 70.4 Å². The van der Waals surface area contributed by atoms with Crippen LogP contribution in [-0.2, 0) is 9.53 Å². The zero-order valence-corrected chi connectivity index (χ0v) is 17.0. The first-order valence-corrected chi connectivity index (χ1v) is 9.93. The number of carbonyl (C=O) groups is 2. The minimum Gasteiger partial charge on any atom is -0.448 e. The molecule has 0 fully saturated rings. The number of anilines is 1. The molecule has 0 saturated heterocycles. The minimum atomic E-state index is -1.10. The summed E-state index contributed by atoms with van der Waals surface area (Å²) in [6.45, 7) is 1.63. The molecule has 0 aliphatic heterocycles. The molecular weight excluding hydrogens is 415 g/mol. The van der Waals surface area contributed by atoms with Crippen LogP contribution in [0.3, 0.4) is 0 Å². The Morgan fingerprint density at radius 1 is 1.28 bits per heavy atom. The number of carbonyl (C=O) groups excluding carboxylic acids is 2. The van der Waals surface area contributed by atoms with Gasteiger partial charge < -0.3 is 9.64 Å². The molecule has 0 aliphatic rings. The summed E-state index contributed by atoms with van der Waals surface area (Å²) in [6.07, 6.45) is -0.964. The number of ether oxygens (including phenoxy) is 1. The predicted octanol–water partition coefficient (Wildman–Crippen LogP) is 5.19. The van der Waals surface area contributed by atoms with Crippen LogP contribution in [0.15, 0.2) is 48.5 Å². The molecule has 0 saturated carbocycles. The zero-order valence-electron chi connectivity index (χ0n) is 15.4. The molecule has 1 heterocycles. The van der Waals surface area contributed by atoms with E-state index >= 15 is 0 Å². The van der Waals surface area contributed by atoms with Crippen LogP contribution in [0.25, 0.3) is 10.1 Å². The van der Waals surface area contributed by atoms with E-state index in [1.165, 1.54) is 30.0 Å². The van der Waals surface area contributed by atoms with Crippen molar-refractivity contribution in [3.05, 3.63) is 64.2 Å². The lowest BCUT2D eigenvalue weighted by Crippen LogP contribution is -2.40. The van der Waals surface area contributed by atoms with Crippen LogP contribution in [0.4, 0.5) is 10.1 Å². The van der Waals surface area contributed by atoms with E-state index in [4.69, 9.17) is 21.6 Å². The van der Waals surface area contributed by atoms with Gasteiger partial charge in [-0.2, -0.15) is 5.26 Å². The van der Waals surface area contributed by atoms with Crippen LogP contribution in [0, 0.1) is 17.1 Å². The molecule has 1 aromatic heterocycles. The molecule has 0 spiro atoms. The van der Waals surface area contributed by atoms with Gasteiger partial charge in [-0.25, -0.2) is 9.18 Å². The first kappa shape index (κ1) is 20.8. The van der Waals surface area contributed by atoms with Crippen molar-refractivity contribution in [1.82, 2.24) is 0 Å². The Kier molecular flexibility index (Phi) is 6.47. The molecule has 0 unspecified atom stereocenters. The van der Waals surface area contributed by atoms with Crippen molar-refractivity contribution in [2.24, 2.45) is 0 Å². The lowest BCUT2D eigenvalue weighted by molar-refractivity contribution is -0.126. The smallest absolute Gasteiger partial charge is 0.350 e. The van der Waals surface area contributed by atoms with Crippen molar-refractivity contribution < 1.29 is 18.7 Å². The number of nitriles is 1. The Bertz CT molecular complexity index is 1090. The average molecular weight is 431 g/mol. The van der Waals surface area contributed by atoms with E-state index in [1.54, 1.807) is 24.3 Å². The summed E-state index contributed by atoms with van der Waals surface area (Å²) in [5, 5.41) is 9.59. The van der Waals surface area contributed by atoms with Crippen molar-refractivity contribution in [3.63, 3.8) is 0 Å². The Labute approximate surface area is 175 Å². The summed E-state index contributed by atoms with van der Waals surface area (Å²) in [7, 11) is 0. The van der Waals surface area contributed by atoms with Crippen LogP contribution < -0.4 is 4.90 Å². The van der Waals surface area contributed by atoms with E-state index in [2.05, 4.69) is 0 Å². The van der Waals surface area contributed by atoms with Crippen molar-refractivity contribution in [2.45, 2.75) is 19.4 Å². The molecule has 0 bridgehead atoms. The molecule has 3 rings (SSSR count). The van der Waals surface area contributed by atoms with Gasteiger partial charge in [0.05, 0.1) is 17.5 Å². The highest BCUT2D eigenvalue weighted by atomic mass is 35.5. The largest absolute Gasteiger partial charge is 0.448 e. The van der Waals surface area contributed by atoms with E-state index in [0.29, 0.717) is 15.8 Å². The summed E-state index contributed by atoms with van der Waals surface area (Å²) < 4.78 is 19.3. The lowest BCUT2D eigenvalue weighted by Gasteiger charge is -2.25. The van der Waals surface area contributed by atoms with E-state index in [0.717, 1.165) is 11.3 Å². The van der Waals surface area contributed by atoms with Crippen LogP contribution >= 0.6 is 22.9 Å². The van der Waals surface area contributed by atoms with E-state index in [-0.39, 0.29) is 22.9 Å². The first-order chi connectivity index (χ1) is 13.9. The number of rotatable bonds is 6. The quantitative estimate of drug-likeness (QED) is 0.505. The monoisotopic (exact) mass is 430 g/mol. The van der Waals surface area contributed by atoms with E-state index in [9.17, 15) is 14.0 Å². The molecule has 148 valence electrons. The molecule has 8 heteroatoms. The number of para-hydroxylation sites is 1. The maximum atomic E-state index is 13.4. The third kappa shape index (κ3) is 4.56. The molecule has 1 atom stereocenters. The van der Waals surface area contributed by atoms with Gasteiger partial charge in [0.2, 0.25) is 0 Å². The normalized spacial score (nSPS) is 11.7. The molecule has 29 heavy (non-hydrogen) atoms. The SMILES string of the molecule is C[C@@H](OC(=O)c1sc2cc(F)ccc2c1Cl)C(=O)N(CCC#N)c1ccccc1. The molecule has 0 aliphatic carbocycles. The third-order valence-corrected chi connectivity index (χ3v) is 5.83. The Balaban J connectivity index is 1.80. The van der Waals surface area contributed by atoms with Crippen LogP contribution in [-0.4, -0.2) is 24.5 Å². The average Bonchev–Trinajstić information content (AvgIpc) is 3.04. The fourth-order valence-corrected chi connectivity index (χ4v) is 4.21. The Morgan fingerprint density at radius 2 is 2.00 bits per heavy atom. The molecular formula is C21H16ClFN2O3S. The molecule has 3 aromatic rings. The summed E-state index contributed by atoms with van der Waals surface area (Å²) in [5.41, 5.74) is 0.603. The number of halogens is 2. The number of thiophene rings is 1. The number of amides is 1. The second kappa shape index (κ2) is 9.03. The molecule has 2 aromatic carbocycles. The minimum absolute atomic E-state index is 0.107. The second-order valence-electron chi connectivity index (χ2n) is 6.17. The number of hydrogen-bond donors (Lipinski definition) is 0. The van der Waals surface area contributed by atoms with E-state index < -0.39 is 23.8 Å². The summed E-state index contributed by atoms with van der Waals surface area (Å²) in [5.74, 6) is -1.65. The molecule has 1 amide bonds. The van der Waals surface area contributed by atoms with Crippen molar-refractivity contribution in [2.75, 3.05) is 11.4 Å². The van der Waals surface area contributed by atoms with Gasteiger partial charge in [0.1, 0.15) is 10.7 Å². The van der Waals surface area contributed by atoms with Gasteiger partial charge in [0, 0.05) is 22.3 Å². The van der Waals surface area contributed by atoms with Gasteiger partial charge in [-0.15, -0.1) is 11.3 Å². The van der Waals surface area contributed by atoms with Gasteiger partial charge in [0.15, 0.2) is 6.10 Å². The Hall–Kier alpha value is -2.95. The maximum Gasteiger partial charge on any atom is 0.350 e. The van der Waals surface area contributed by atoms with Crippen LogP contribution in [0.2, 0.25) is 5.02 Å². The van der Waals surface area contributed by atoms with Crippen LogP contribution in [0.1, 0.15) is 23.0 Å². The van der Waals surface area contributed by atoms with Gasteiger partial charge in [0.25, 0.3) is 5.91 Å². The number of nitrogens with zero attached hydrogens (tertiary/aromatic N) is 2. The summed E-state index contributed by atoms with van der Waals surface area (Å²) in [6, 6.07) is 14.9. The highest BCUT2D eigenvalue weighted by Gasteiger charge is 2.27. The zero-order chi connectivity index (χ0) is 21.0. The number of hydrogen-bond acceptors (Lipinski definition) is 5. The maximum absolute atomic E-state index is 13.4. The van der Waals surface area contributed by atoms with Crippen LogP contribution in [0.5, 0.6) is 0 Å². The first-order valence-electron chi connectivity index (χ1n) is 8.74. The molecule has 0 radical (unpaired) electrons. The summed E-state index contributed by atoms with van der Waals surface area (Å²) in [4.78, 5) is 27.0. The lowest BCUT2D eigenvalue weighted by atomic mass is 10.2. The van der Waals surface area contributed by atoms with E-state index in [1.807, 2.05) is 12.1 Å². The fraction of sp³-hybridized carbons (Fsp3) is 0.190. The summed E-state index contributed by atoms with van der Waals surface area (Å²) >= 11 is 7.25. The Morgan fingerprint density at radius 3 is 2.69 bits per heavy atom. The van der Waals surface area contributed by atoms with Gasteiger partial charge in [-0.1, -0.05) is 29.8 Å². The van der Waals surface area contributed by atoms with Crippen molar-refractivity contribution >= 4 is 50.6 Å². The van der Waals surface area contributed by atoms with Gasteiger partial charge >= 0.3 is 5.97 Å². The van der Waals surface area contributed by atoms with Gasteiger partial charge in [-0.3, -0.25) is 4.79 Å². The fourth-order valence-electron chi connectivity index (χ4n) is 2.79. The third-order valence-electron chi connectivity index (χ3n) is 4.19. The highest BCUT2D eigenvalue weighted by Crippen LogP contribution is 2.36. The number of benzene rings is 2.